The predicted molar refractivity (Wildman–Crippen MR) is 555 cm³/mol. The number of benzene rings is 12. The van der Waals surface area contributed by atoms with Gasteiger partial charge in [-0.2, -0.15) is 0 Å². The van der Waals surface area contributed by atoms with E-state index >= 15 is 0 Å². The van der Waals surface area contributed by atoms with Crippen molar-refractivity contribution >= 4 is 68.4 Å². The Balaban J connectivity index is 0.0000000829. The van der Waals surface area contributed by atoms with Gasteiger partial charge < -0.3 is 14.7 Å². The number of hydrogen-bond acceptors (Lipinski definition) is 12. The topological polar surface area (TPSA) is 116 Å². The summed E-state index contributed by atoms with van der Waals surface area (Å²) >= 11 is 0. The summed E-state index contributed by atoms with van der Waals surface area (Å²) in [4.78, 5) is 47.8. The first kappa shape index (κ1) is 76.2. The number of pyridine rings is 8. The second-order valence-corrected chi connectivity index (χ2v) is 40.7. The number of anilines is 12. The van der Waals surface area contributed by atoms with E-state index < -0.39 is 0 Å². The van der Waals surface area contributed by atoms with Gasteiger partial charge in [-0.1, -0.05) is 176 Å². The maximum Gasteiger partial charge on any atom is 0.141 e. The molecule has 12 nitrogen and oxygen atoms in total. The number of nitrogens with zero attached hydrogens (tertiary/aromatic N) is 12. The second-order valence-electron chi connectivity index (χ2n) is 40.7. The zero-order chi connectivity index (χ0) is 90.7. The van der Waals surface area contributed by atoms with Gasteiger partial charge in [0.15, 0.2) is 0 Å². The molecule has 0 fully saturated rings. The Bertz CT molecular complexity index is 8100. The van der Waals surface area contributed by atoms with Crippen LogP contribution >= 0.6 is 0 Å². The van der Waals surface area contributed by atoms with Crippen LogP contribution in [-0.2, 0) is 103 Å². The van der Waals surface area contributed by atoms with Crippen molar-refractivity contribution in [1.82, 2.24) is 39.9 Å². The molecule has 16 heterocycles. The molecule has 0 unspecified atom stereocenters. The molecule has 0 spiro atoms. The summed E-state index contributed by atoms with van der Waals surface area (Å²) in [6, 6.07) is 94.8. The maximum atomic E-state index is 4.89. The van der Waals surface area contributed by atoms with Gasteiger partial charge in [0.25, 0.3) is 0 Å². The van der Waals surface area contributed by atoms with Crippen LogP contribution in [0.1, 0.15) is 179 Å². The third-order valence-electron chi connectivity index (χ3n) is 34.1. The predicted octanol–water partition coefficient (Wildman–Crippen LogP) is 27.6. The van der Waals surface area contributed by atoms with Gasteiger partial charge in [0.05, 0.1) is 97.2 Å². The van der Waals surface area contributed by atoms with Crippen LogP contribution in [0, 0.1) is 0 Å². The zero-order valence-corrected chi connectivity index (χ0v) is 76.7. The van der Waals surface area contributed by atoms with Crippen molar-refractivity contribution in [2.24, 2.45) is 0 Å². The highest BCUT2D eigenvalue weighted by Crippen LogP contribution is 2.62. The summed E-state index contributed by atoms with van der Waals surface area (Å²) in [5, 5.41) is 0. The van der Waals surface area contributed by atoms with Crippen molar-refractivity contribution in [3.63, 3.8) is 0 Å². The van der Waals surface area contributed by atoms with E-state index in [1.807, 2.05) is 62.0 Å². The van der Waals surface area contributed by atoms with E-state index in [1.54, 1.807) is 0 Å². The molecule has 8 aromatic heterocycles. The van der Waals surface area contributed by atoms with Crippen molar-refractivity contribution in [3.05, 3.63) is 495 Å². The Morgan fingerprint density at radius 1 is 0.143 bits per heavy atom. The van der Waals surface area contributed by atoms with Gasteiger partial charge in [-0.15, -0.1) is 0 Å². The molecule has 656 valence electrons. The summed E-state index contributed by atoms with van der Waals surface area (Å²) in [6.07, 6.45) is 35.1. The van der Waals surface area contributed by atoms with Crippen molar-refractivity contribution in [1.29, 1.82) is 0 Å². The molecule has 36 rings (SSSR count). The first-order chi connectivity index (χ1) is 69.4. The molecule has 0 radical (unpaired) electrons. The summed E-state index contributed by atoms with van der Waals surface area (Å²) < 4.78 is 0. The average Bonchev–Trinajstić information content (AvgIpc) is 1.54. The highest BCUT2D eigenvalue weighted by molar-refractivity contribution is 6.01. The maximum absolute atomic E-state index is 4.89. The van der Waals surface area contributed by atoms with E-state index in [2.05, 4.69) is 284 Å². The van der Waals surface area contributed by atoms with Crippen LogP contribution in [0.4, 0.5) is 68.4 Å². The minimum Gasteiger partial charge on any atom is -0.308 e. The lowest BCUT2D eigenvalue weighted by Gasteiger charge is -2.39. The van der Waals surface area contributed by atoms with E-state index in [4.69, 9.17) is 29.9 Å². The normalized spacial score (nSPS) is 14.9. The van der Waals surface area contributed by atoms with E-state index in [-0.39, 0.29) is 0 Å². The molecule has 20 aromatic rings. The van der Waals surface area contributed by atoms with Crippen LogP contribution in [0.25, 0.3) is 89.0 Å². The molecule has 16 aliphatic rings. The standard InChI is InChI=1S/4C32H21N3/c1-2-6-21-18(4-1)15-25-22(21)7-8-23-24-9-10-30-28(27(24)16-26(23)25)17-29-31-19(11-13-33-29)14-20-5-3-12-34-32(20)35(30)31;1-2-5-20-18(4-1)14-24-21(20)7-8-22-23-9-10-30-27(26(23)16-25(22)24)17-29-32-19(11-13-34-29)15-28-31(35(30)32)6-3-12-33-28;1-2-4-21-18(3-1)14-25-22(21)5-6-23-24-7-8-31-28(27(24)15-26(23)25)16-29-32-19(9-12-34-29)13-20-17-33-11-10-30(20)35(31)32;1-2-4-21-18(3-1)14-25-22(21)5-6-23-24-7-8-30-28(27(24)15-26(23)25)16-29-32-20(10-12-34-29)13-19-9-11-33-17-31(19)35(30)32/h2*1-13H,14-17H2;2*1-12,17H,13-16H2. The van der Waals surface area contributed by atoms with Crippen LogP contribution in [0.15, 0.2) is 317 Å². The van der Waals surface area contributed by atoms with E-state index in [9.17, 15) is 0 Å². The smallest absolute Gasteiger partial charge is 0.141 e. The fourth-order valence-electron chi connectivity index (χ4n) is 28.1. The van der Waals surface area contributed by atoms with Crippen molar-refractivity contribution in [3.8, 4) is 89.0 Å². The Labute approximate surface area is 809 Å². The van der Waals surface area contributed by atoms with Gasteiger partial charge in [-0.3, -0.25) is 39.8 Å². The molecular weight excluding hydrogens is 1710 g/mol. The second kappa shape index (κ2) is 28.4. The lowest BCUT2D eigenvalue weighted by molar-refractivity contribution is 0.928. The van der Waals surface area contributed by atoms with E-state index in [0.717, 1.165) is 114 Å². The first-order valence-corrected chi connectivity index (χ1v) is 49.7. The zero-order valence-electron chi connectivity index (χ0n) is 76.7. The third kappa shape index (κ3) is 10.5. The Morgan fingerprint density at radius 3 is 0.864 bits per heavy atom. The third-order valence-corrected chi connectivity index (χ3v) is 34.1. The molecule has 0 N–H and O–H groups in total. The first-order valence-electron chi connectivity index (χ1n) is 49.7. The summed E-state index contributed by atoms with van der Waals surface area (Å²) in [5.41, 5.74) is 81.3. The van der Waals surface area contributed by atoms with E-state index in [1.165, 1.54) is 325 Å². The molecular formula is C128H84N12. The van der Waals surface area contributed by atoms with Crippen LogP contribution in [0.2, 0.25) is 0 Å². The molecule has 8 aliphatic heterocycles. The van der Waals surface area contributed by atoms with Crippen molar-refractivity contribution in [2.45, 2.75) is 103 Å². The Kier molecular flexibility index (Phi) is 15.4. The summed E-state index contributed by atoms with van der Waals surface area (Å²) in [6.45, 7) is 0. The molecule has 0 atom stereocenters. The highest BCUT2D eigenvalue weighted by atomic mass is 15.2. The number of aromatic nitrogens is 8. The van der Waals surface area contributed by atoms with Gasteiger partial charge in [0.2, 0.25) is 0 Å². The van der Waals surface area contributed by atoms with Crippen LogP contribution in [0.5, 0.6) is 0 Å². The molecule has 12 aromatic carbocycles. The molecule has 0 bridgehead atoms. The van der Waals surface area contributed by atoms with E-state index in [0.29, 0.717) is 0 Å². The average molecular weight is 1790 g/mol. The van der Waals surface area contributed by atoms with Gasteiger partial charge in [0, 0.05) is 107 Å². The quantitative estimate of drug-likeness (QED) is 0.144. The van der Waals surface area contributed by atoms with Crippen LogP contribution in [-0.4, -0.2) is 39.9 Å². The Morgan fingerprint density at radius 2 is 0.436 bits per heavy atom. The molecule has 8 aliphatic carbocycles. The molecule has 140 heavy (non-hydrogen) atoms. The van der Waals surface area contributed by atoms with Crippen molar-refractivity contribution in [2.75, 3.05) is 19.6 Å². The number of hydrogen-bond donors (Lipinski definition) is 0. The molecule has 12 heteroatoms. The molecule has 0 saturated carbocycles. The fraction of sp³-hybridized carbons (Fsp3) is 0.125. The minimum absolute atomic E-state index is 0.871. The van der Waals surface area contributed by atoms with Gasteiger partial charge in [-0.05, 0) is 369 Å². The van der Waals surface area contributed by atoms with Crippen LogP contribution < -0.4 is 19.6 Å². The van der Waals surface area contributed by atoms with Crippen molar-refractivity contribution < 1.29 is 0 Å². The largest absolute Gasteiger partial charge is 0.308 e. The lowest BCUT2D eigenvalue weighted by atomic mass is 9.87. The molecule has 0 saturated heterocycles. The summed E-state index contributed by atoms with van der Waals surface area (Å²) in [5.74, 6) is 1.06. The minimum atomic E-state index is 0.871. The van der Waals surface area contributed by atoms with Gasteiger partial charge in [-0.25, -0.2) is 4.98 Å². The fourth-order valence-corrected chi connectivity index (χ4v) is 28.1. The molecule has 0 amide bonds. The van der Waals surface area contributed by atoms with Crippen LogP contribution in [0.3, 0.4) is 0 Å². The number of rotatable bonds is 0. The van der Waals surface area contributed by atoms with Gasteiger partial charge in [0.1, 0.15) is 5.82 Å². The summed E-state index contributed by atoms with van der Waals surface area (Å²) in [7, 11) is 0. The number of fused-ring (bicyclic) bond motifs is 48. The SMILES string of the molecule is c1ccc2c(c1)Cc1c-2ccc2c1Cc1c-2ccc2c1Cc1nccc3c1N2c1cccnc1C3.c1ccc2c(c1)Cc1c-2ccc2c1Cc1c-2ccc2c1Cc1nccc3c1N2c1ccncc1C3.c1ccc2c(c1)Cc1c-2ccc2c1Cc1c-2ccc2c1Cc1nccc3c1N2c1cnccc1C3.c1ccc2c(c1)Cc1c-2ccc2c1Cc1c-2ccc2c1Cc1nccc3c1N2c1ncccc1C3. The highest BCUT2D eigenvalue weighted by Gasteiger charge is 2.45. The lowest BCUT2D eigenvalue weighted by Crippen LogP contribution is -2.26. The van der Waals surface area contributed by atoms with Gasteiger partial charge >= 0.3 is 0 Å². The Hall–Kier alpha value is -17.0. The monoisotopic (exact) mass is 1790 g/mol.